The van der Waals surface area contributed by atoms with Crippen molar-refractivity contribution >= 4 is 35.0 Å². The number of carbonyl (C=O) groups excluding carboxylic acids is 1. The molecule has 0 bridgehead atoms. The van der Waals surface area contributed by atoms with Gasteiger partial charge in [-0.05, 0) is 26.0 Å². The zero-order chi connectivity index (χ0) is 17.3. The van der Waals surface area contributed by atoms with Crippen molar-refractivity contribution in [1.29, 1.82) is 0 Å². The summed E-state index contributed by atoms with van der Waals surface area (Å²) in [5, 5.41) is 9.34. The standard InChI is InChI=1S/C16H17ClN6O/c1-9-6-10(2)23(22-9)16-20-13(8-15(21-16)19-11(3)24)12-4-5-18-14(17)7-12/h4-5,7-8,10H,6H2,1-3H3,(H,19,20,21,24). The van der Waals surface area contributed by atoms with Crippen molar-refractivity contribution in [2.24, 2.45) is 5.10 Å². The molecule has 1 N–H and O–H groups in total. The lowest BCUT2D eigenvalue weighted by Gasteiger charge is -2.19. The summed E-state index contributed by atoms with van der Waals surface area (Å²) in [6.07, 6.45) is 2.46. The van der Waals surface area contributed by atoms with Crippen LogP contribution in [0.4, 0.5) is 11.8 Å². The molecular formula is C16H17ClN6O. The number of pyridine rings is 1. The molecule has 0 fully saturated rings. The van der Waals surface area contributed by atoms with Crippen LogP contribution in [0.25, 0.3) is 11.3 Å². The normalized spacial score (nSPS) is 16.9. The Morgan fingerprint density at radius 3 is 2.79 bits per heavy atom. The first kappa shape index (κ1) is 16.3. The topological polar surface area (TPSA) is 83.4 Å². The number of hydrogen-bond donors (Lipinski definition) is 1. The van der Waals surface area contributed by atoms with Crippen molar-refractivity contribution in [3.63, 3.8) is 0 Å². The first-order valence-electron chi connectivity index (χ1n) is 7.54. The van der Waals surface area contributed by atoms with E-state index in [0.29, 0.717) is 22.6 Å². The molecular weight excluding hydrogens is 328 g/mol. The molecule has 1 aliphatic heterocycles. The van der Waals surface area contributed by atoms with Crippen molar-refractivity contribution in [2.75, 3.05) is 10.3 Å². The first-order chi connectivity index (χ1) is 11.4. The van der Waals surface area contributed by atoms with Gasteiger partial charge in [0, 0.05) is 36.9 Å². The third-order valence-corrected chi connectivity index (χ3v) is 3.74. The van der Waals surface area contributed by atoms with Crippen LogP contribution >= 0.6 is 11.6 Å². The van der Waals surface area contributed by atoms with Crippen molar-refractivity contribution in [1.82, 2.24) is 15.0 Å². The average molecular weight is 345 g/mol. The fourth-order valence-electron chi connectivity index (χ4n) is 2.57. The molecule has 1 aliphatic rings. The SMILES string of the molecule is CC(=O)Nc1cc(-c2ccnc(Cl)c2)nc(N2N=C(C)CC2C)n1. The second kappa shape index (κ2) is 6.52. The number of nitrogens with one attached hydrogen (secondary N) is 1. The van der Waals surface area contributed by atoms with Gasteiger partial charge in [-0.15, -0.1) is 0 Å². The number of hydrogen-bond acceptors (Lipinski definition) is 6. The van der Waals surface area contributed by atoms with Gasteiger partial charge in [-0.25, -0.2) is 15.0 Å². The van der Waals surface area contributed by atoms with Crippen LogP contribution in [0, 0.1) is 0 Å². The Balaban J connectivity index is 2.08. The summed E-state index contributed by atoms with van der Waals surface area (Å²) in [6.45, 7) is 5.46. The molecule has 0 spiro atoms. The minimum Gasteiger partial charge on any atom is -0.311 e. The van der Waals surface area contributed by atoms with E-state index in [1.165, 1.54) is 6.92 Å². The maximum atomic E-state index is 11.4. The van der Waals surface area contributed by atoms with E-state index in [9.17, 15) is 4.79 Å². The van der Waals surface area contributed by atoms with Crippen LogP contribution in [-0.4, -0.2) is 32.6 Å². The second-order valence-electron chi connectivity index (χ2n) is 5.72. The molecule has 8 heteroatoms. The molecule has 2 aromatic heterocycles. The van der Waals surface area contributed by atoms with Gasteiger partial charge in [-0.2, -0.15) is 10.1 Å². The molecule has 0 radical (unpaired) electrons. The van der Waals surface area contributed by atoms with Gasteiger partial charge in [0.1, 0.15) is 11.0 Å². The van der Waals surface area contributed by atoms with Gasteiger partial charge in [-0.1, -0.05) is 11.6 Å². The molecule has 7 nitrogen and oxygen atoms in total. The lowest BCUT2D eigenvalue weighted by atomic mass is 10.2. The maximum Gasteiger partial charge on any atom is 0.249 e. The molecule has 124 valence electrons. The number of anilines is 2. The highest BCUT2D eigenvalue weighted by atomic mass is 35.5. The van der Waals surface area contributed by atoms with E-state index in [-0.39, 0.29) is 11.9 Å². The Labute approximate surface area is 144 Å². The van der Waals surface area contributed by atoms with Crippen LogP contribution in [0.3, 0.4) is 0 Å². The number of nitrogens with zero attached hydrogens (tertiary/aromatic N) is 5. The van der Waals surface area contributed by atoms with Crippen LogP contribution in [0.1, 0.15) is 27.2 Å². The summed E-state index contributed by atoms with van der Waals surface area (Å²) in [4.78, 5) is 24.4. The van der Waals surface area contributed by atoms with E-state index >= 15 is 0 Å². The largest absolute Gasteiger partial charge is 0.311 e. The summed E-state index contributed by atoms with van der Waals surface area (Å²) >= 11 is 5.97. The van der Waals surface area contributed by atoms with E-state index in [2.05, 4.69) is 32.3 Å². The van der Waals surface area contributed by atoms with Gasteiger partial charge in [-0.3, -0.25) is 4.79 Å². The fourth-order valence-corrected chi connectivity index (χ4v) is 2.74. The lowest BCUT2D eigenvalue weighted by molar-refractivity contribution is -0.114. The van der Waals surface area contributed by atoms with Crippen LogP contribution < -0.4 is 10.3 Å². The smallest absolute Gasteiger partial charge is 0.249 e. The highest BCUT2D eigenvalue weighted by Gasteiger charge is 2.24. The van der Waals surface area contributed by atoms with E-state index < -0.39 is 0 Å². The summed E-state index contributed by atoms with van der Waals surface area (Å²) in [5.41, 5.74) is 2.45. The molecule has 3 heterocycles. The predicted octanol–water partition coefficient (Wildman–Crippen LogP) is 3.12. The summed E-state index contributed by atoms with van der Waals surface area (Å²) in [5.74, 6) is 0.656. The van der Waals surface area contributed by atoms with Gasteiger partial charge in [0.2, 0.25) is 11.9 Å². The highest BCUT2D eigenvalue weighted by Crippen LogP contribution is 2.27. The Morgan fingerprint density at radius 2 is 2.17 bits per heavy atom. The van der Waals surface area contributed by atoms with E-state index in [1.807, 2.05) is 6.92 Å². The van der Waals surface area contributed by atoms with Gasteiger partial charge >= 0.3 is 0 Å². The number of halogens is 1. The quantitative estimate of drug-likeness (QED) is 0.865. The molecule has 1 atom stereocenters. The molecule has 3 rings (SSSR count). The van der Waals surface area contributed by atoms with Crippen molar-refractivity contribution in [3.8, 4) is 11.3 Å². The fraction of sp³-hybridized carbons (Fsp3) is 0.312. The summed E-state index contributed by atoms with van der Waals surface area (Å²) in [6, 6.07) is 5.38. The van der Waals surface area contributed by atoms with E-state index in [1.54, 1.807) is 29.4 Å². The number of rotatable bonds is 3. The lowest BCUT2D eigenvalue weighted by Crippen LogP contribution is -2.25. The summed E-state index contributed by atoms with van der Waals surface area (Å²) < 4.78 is 0. The highest BCUT2D eigenvalue weighted by molar-refractivity contribution is 6.29. The Morgan fingerprint density at radius 1 is 1.38 bits per heavy atom. The van der Waals surface area contributed by atoms with Crippen molar-refractivity contribution in [3.05, 3.63) is 29.5 Å². The second-order valence-corrected chi connectivity index (χ2v) is 6.11. The van der Waals surface area contributed by atoms with Crippen LogP contribution in [0.2, 0.25) is 5.15 Å². The number of aromatic nitrogens is 3. The third-order valence-electron chi connectivity index (χ3n) is 3.53. The zero-order valence-electron chi connectivity index (χ0n) is 13.6. The predicted molar refractivity (Wildman–Crippen MR) is 94.2 cm³/mol. The van der Waals surface area contributed by atoms with Crippen LogP contribution in [0.5, 0.6) is 0 Å². The van der Waals surface area contributed by atoms with Crippen molar-refractivity contribution in [2.45, 2.75) is 33.2 Å². The van der Waals surface area contributed by atoms with E-state index in [4.69, 9.17) is 11.6 Å². The monoisotopic (exact) mass is 344 g/mol. The van der Waals surface area contributed by atoms with Crippen LogP contribution in [0.15, 0.2) is 29.5 Å². The maximum absolute atomic E-state index is 11.4. The Hall–Kier alpha value is -2.54. The molecule has 0 saturated carbocycles. The molecule has 0 aliphatic carbocycles. The van der Waals surface area contributed by atoms with Crippen LogP contribution in [-0.2, 0) is 4.79 Å². The van der Waals surface area contributed by atoms with Gasteiger partial charge in [0.05, 0.1) is 11.7 Å². The van der Waals surface area contributed by atoms with Gasteiger partial charge in [0.25, 0.3) is 0 Å². The molecule has 1 amide bonds. The Kier molecular flexibility index (Phi) is 4.44. The van der Waals surface area contributed by atoms with Crippen molar-refractivity contribution < 1.29 is 4.79 Å². The van der Waals surface area contributed by atoms with E-state index in [0.717, 1.165) is 17.7 Å². The third kappa shape index (κ3) is 3.51. The first-order valence-corrected chi connectivity index (χ1v) is 7.92. The minimum atomic E-state index is -0.201. The zero-order valence-corrected chi connectivity index (χ0v) is 14.4. The summed E-state index contributed by atoms with van der Waals surface area (Å²) in [7, 11) is 0. The van der Waals surface area contributed by atoms with Gasteiger partial charge < -0.3 is 5.32 Å². The molecule has 0 saturated heterocycles. The minimum absolute atomic E-state index is 0.159. The molecule has 0 aromatic carbocycles. The average Bonchev–Trinajstić information content (AvgIpc) is 2.85. The number of carbonyl (C=O) groups is 1. The number of hydrazone groups is 1. The molecule has 2 aromatic rings. The Bertz CT molecular complexity index is 822. The molecule has 1 unspecified atom stereocenters. The molecule has 24 heavy (non-hydrogen) atoms. The van der Waals surface area contributed by atoms with Gasteiger partial charge in [0.15, 0.2) is 0 Å². The number of amides is 1.